The van der Waals surface area contributed by atoms with Crippen LogP contribution in [-0.4, -0.2) is 38.4 Å². The van der Waals surface area contributed by atoms with Gasteiger partial charge in [-0.3, -0.25) is 4.79 Å². The standard InChI is InChI=1S/C19H29NO4S/c1-5-6-7-8-17-18(19(21)24-4)15(3)13-20(17)25(22,23)16-11-9-14(2)10-12-16/h9-12,15,17-18H,5-8,13H2,1-4H3/t15-,17+,18-/m0/s1. The average molecular weight is 368 g/mol. The van der Waals surface area contributed by atoms with Gasteiger partial charge in [0.25, 0.3) is 0 Å². The Morgan fingerprint density at radius 1 is 1.24 bits per heavy atom. The van der Waals surface area contributed by atoms with Gasteiger partial charge in [0.2, 0.25) is 10.0 Å². The molecule has 1 aromatic rings. The number of ether oxygens (including phenoxy) is 1. The molecule has 1 heterocycles. The summed E-state index contributed by atoms with van der Waals surface area (Å²) in [5, 5.41) is 0. The lowest BCUT2D eigenvalue weighted by Crippen LogP contribution is -2.40. The van der Waals surface area contributed by atoms with Gasteiger partial charge in [0.1, 0.15) is 0 Å². The molecule has 0 spiro atoms. The molecular formula is C19H29NO4S. The fourth-order valence-electron chi connectivity index (χ4n) is 3.67. The molecule has 3 atom stereocenters. The molecule has 2 rings (SSSR count). The zero-order valence-electron chi connectivity index (χ0n) is 15.6. The lowest BCUT2D eigenvalue weighted by molar-refractivity contribution is -0.147. The molecule has 1 fully saturated rings. The molecule has 1 aliphatic heterocycles. The van der Waals surface area contributed by atoms with Gasteiger partial charge in [0, 0.05) is 12.6 Å². The number of aryl methyl sites for hydroxylation is 1. The van der Waals surface area contributed by atoms with Crippen molar-refractivity contribution < 1.29 is 17.9 Å². The number of carbonyl (C=O) groups excluding carboxylic acids is 1. The van der Waals surface area contributed by atoms with Gasteiger partial charge >= 0.3 is 5.97 Å². The third kappa shape index (κ3) is 4.23. The van der Waals surface area contributed by atoms with Crippen molar-refractivity contribution in [1.82, 2.24) is 4.31 Å². The number of benzene rings is 1. The summed E-state index contributed by atoms with van der Waals surface area (Å²) in [6, 6.07) is 6.56. The summed E-state index contributed by atoms with van der Waals surface area (Å²) >= 11 is 0. The molecule has 0 aromatic heterocycles. The van der Waals surface area contributed by atoms with Gasteiger partial charge in [-0.1, -0.05) is 50.8 Å². The van der Waals surface area contributed by atoms with E-state index in [9.17, 15) is 13.2 Å². The molecule has 25 heavy (non-hydrogen) atoms. The number of hydrogen-bond donors (Lipinski definition) is 0. The SMILES string of the molecule is CCCCC[C@@H]1[C@@H](C(=O)OC)[C@@H](C)CN1S(=O)(=O)c1ccc(C)cc1. The number of sulfonamides is 1. The van der Waals surface area contributed by atoms with Crippen molar-refractivity contribution in [3.8, 4) is 0 Å². The van der Waals surface area contributed by atoms with Crippen LogP contribution in [0.3, 0.4) is 0 Å². The first-order valence-electron chi connectivity index (χ1n) is 8.99. The van der Waals surface area contributed by atoms with Gasteiger partial charge in [0.05, 0.1) is 17.9 Å². The second-order valence-electron chi connectivity index (χ2n) is 6.98. The highest BCUT2D eigenvalue weighted by Gasteiger charge is 2.48. The Kier molecular flexibility index (Phi) is 6.63. The van der Waals surface area contributed by atoms with Crippen molar-refractivity contribution in [2.75, 3.05) is 13.7 Å². The van der Waals surface area contributed by atoms with Gasteiger partial charge < -0.3 is 4.74 Å². The second kappa shape index (κ2) is 8.32. The van der Waals surface area contributed by atoms with Crippen LogP contribution in [0.15, 0.2) is 29.2 Å². The minimum atomic E-state index is -3.62. The van der Waals surface area contributed by atoms with Crippen molar-refractivity contribution in [2.45, 2.75) is 57.4 Å². The van der Waals surface area contributed by atoms with Crippen LogP contribution in [0.25, 0.3) is 0 Å². The van der Waals surface area contributed by atoms with Crippen LogP contribution in [0.4, 0.5) is 0 Å². The Morgan fingerprint density at radius 2 is 1.88 bits per heavy atom. The van der Waals surface area contributed by atoms with Crippen LogP contribution in [-0.2, 0) is 19.6 Å². The fourth-order valence-corrected chi connectivity index (χ4v) is 5.44. The third-order valence-corrected chi connectivity index (χ3v) is 6.97. The predicted octanol–water partition coefficient (Wildman–Crippen LogP) is 3.37. The first-order valence-corrected chi connectivity index (χ1v) is 10.4. The van der Waals surface area contributed by atoms with E-state index >= 15 is 0 Å². The molecule has 0 N–H and O–H groups in total. The number of methoxy groups -OCH3 is 1. The number of esters is 1. The van der Waals surface area contributed by atoms with Crippen LogP contribution in [0.1, 0.15) is 45.1 Å². The highest BCUT2D eigenvalue weighted by Crippen LogP contribution is 2.37. The van der Waals surface area contributed by atoms with Gasteiger partial charge in [-0.25, -0.2) is 8.42 Å². The van der Waals surface area contributed by atoms with E-state index in [1.165, 1.54) is 11.4 Å². The van der Waals surface area contributed by atoms with Crippen molar-refractivity contribution >= 4 is 16.0 Å². The van der Waals surface area contributed by atoms with E-state index in [-0.39, 0.29) is 22.8 Å². The highest BCUT2D eigenvalue weighted by molar-refractivity contribution is 7.89. The molecule has 0 bridgehead atoms. The van der Waals surface area contributed by atoms with E-state index in [0.717, 1.165) is 24.8 Å². The Labute approximate surface area is 151 Å². The first-order chi connectivity index (χ1) is 11.8. The quantitative estimate of drug-likeness (QED) is 0.547. The number of carbonyl (C=O) groups is 1. The summed E-state index contributed by atoms with van der Waals surface area (Å²) in [6.45, 7) is 6.32. The molecule has 1 aromatic carbocycles. The summed E-state index contributed by atoms with van der Waals surface area (Å²) in [7, 11) is -2.25. The maximum absolute atomic E-state index is 13.2. The lowest BCUT2D eigenvalue weighted by Gasteiger charge is -2.27. The van der Waals surface area contributed by atoms with E-state index in [4.69, 9.17) is 4.74 Å². The summed E-state index contributed by atoms with van der Waals surface area (Å²) < 4.78 is 32.8. The van der Waals surface area contributed by atoms with Crippen LogP contribution >= 0.6 is 0 Å². The minimum Gasteiger partial charge on any atom is -0.469 e. The Hall–Kier alpha value is -1.40. The molecule has 1 saturated heterocycles. The number of unbranched alkanes of at least 4 members (excludes halogenated alkanes) is 2. The molecule has 0 aliphatic carbocycles. The maximum Gasteiger partial charge on any atom is 0.310 e. The average Bonchev–Trinajstić information content (AvgIpc) is 2.92. The maximum atomic E-state index is 13.2. The summed E-state index contributed by atoms with van der Waals surface area (Å²) in [4.78, 5) is 12.6. The monoisotopic (exact) mass is 367 g/mol. The van der Waals surface area contributed by atoms with E-state index in [1.54, 1.807) is 24.3 Å². The molecule has 140 valence electrons. The lowest BCUT2D eigenvalue weighted by atomic mass is 9.89. The minimum absolute atomic E-state index is 0.0562. The molecule has 5 nitrogen and oxygen atoms in total. The smallest absolute Gasteiger partial charge is 0.310 e. The normalized spacial score (nSPS) is 24.4. The van der Waals surface area contributed by atoms with Crippen LogP contribution in [0, 0.1) is 18.8 Å². The summed E-state index contributed by atoms with van der Waals surface area (Å²) in [6.07, 6.45) is 3.66. The van der Waals surface area contributed by atoms with Crippen molar-refractivity contribution in [2.24, 2.45) is 11.8 Å². The van der Waals surface area contributed by atoms with Gasteiger partial charge in [-0.05, 0) is 31.4 Å². The first kappa shape index (κ1) is 19.9. The largest absolute Gasteiger partial charge is 0.469 e. The second-order valence-corrected chi connectivity index (χ2v) is 8.87. The van der Waals surface area contributed by atoms with Gasteiger partial charge in [-0.15, -0.1) is 0 Å². The number of hydrogen-bond acceptors (Lipinski definition) is 4. The van der Waals surface area contributed by atoms with E-state index in [2.05, 4.69) is 6.92 Å². The Morgan fingerprint density at radius 3 is 2.44 bits per heavy atom. The van der Waals surface area contributed by atoms with Crippen molar-refractivity contribution in [3.63, 3.8) is 0 Å². The zero-order valence-corrected chi connectivity index (χ0v) is 16.4. The highest BCUT2D eigenvalue weighted by atomic mass is 32.2. The van der Waals surface area contributed by atoms with E-state index < -0.39 is 15.9 Å². The van der Waals surface area contributed by atoms with Gasteiger partial charge in [0.15, 0.2) is 0 Å². The van der Waals surface area contributed by atoms with E-state index in [1.807, 2.05) is 13.8 Å². The van der Waals surface area contributed by atoms with Crippen molar-refractivity contribution in [1.29, 1.82) is 0 Å². The third-order valence-electron chi connectivity index (χ3n) is 5.07. The zero-order chi connectivity index (χ0) is 18.6. The van der Waals surface area contributed by atoms with E-state index in [0.29, 0.717) is 13.0 Å². The molecule has 0 radical (unpaired) electrons. The van der Waals surface area contributed by atoms with Crippen molar-refractivity contribution in [3.05, 3.63) is 29.8 Å². The summed E-state index contributed by atoms with van der Waals surface area (Å²) in [5.74, 6) is -0.767. The van der Waals surface area contributed by atoms with Crippen LogP contribution in [0.2, 0.25) is 0 Å². The Bertz CT molecular complexity index is 684. The number of nitrogens with zero attached hydrogens (tertiary/aromatic N) is 1. The van der Waals surface area contributed by atoms with Gasteiger partial charge in [-0.2, -0.15) is 4.31 Å². The predicted molar refractivity (Wildman–Crippen MR) is 97.7 cm³/mol. The molecular weight excluding hydrogens is 338 g/mol. The van der Waals surface area contributed by atoms with Crippen LogP contribution in [0.5, 0.6) is 0 Å². The number of rotatable bonds is 7. The molecule has 0 amide bonds. The molecule has 1 aliphatic rings. The topological polar surface area (TPSA) is 63.7 Å². The fraction of sp³-hybridized carbons (Fsp3) is 0.632. The molecule has 0 unspecified atom stereocenters. The molecule has 0 saturated carbocycles. The van der Waals surface area contributed by atoms with Crippen LogP contribution < -0.4 is 0 Å². The Balaban J connectivity index is 2.35. The summed E-state index contributed by atoms with van der Waals surface area (Å²) in [5.41, 5.74) is 1.01. The molecule has 6 heteroatoms.